The van der Waals surface area contributed by atoms with Crippen LogP contribution in [0.15, 0.2) is 42.9 Å². The van der Waals surface area contributed by atoms with Gasteiger partial charge in [-0.2, -0.15) is 0 Å². The Morgan fingerprint density at radius 3 is 2.88 bits per heavy atom. The summed E-state index contributed by atoms with van der Waals surface area (Å²) in [6.07, 6.45) is 8.02. The highest BCUT2D eigenvalue weighted by Gasteiger charge is 2.33. The van der Waals surface area contributed by atoms with Crippen LogP contribution in [0, 0.1) is 0 Å². The van der Waals surface area contributed by atoms with E-state index in [1.165, 1.54) is 5.56 Å². The van der Waals surface area contributed by atoms with Crippen LogP contribution in [-0.2, 0) is 6.42 Å². The molecule has 5 rings (SSSR count). The number of piperidine rings is 1. The summed E-state index contributed by atoms with van der Waals surface area (Å²) in [5.74, 6) is 0.755. The predicted octanol–water partition coefficient (Wildman–Crippen LogP) is 1.57. The fourth-order valence-electron chi connectivity index (χ4n) is 4.25. The first-order valence-electron chi connectivity index (χ1n) is 9.23. The molecule has 2 aliphatic rings. The molecule has 2 N–H and O–H groups in total. The quantitative estimate of drug-likeness (QED) is 0.749. The fraction of sp³-hybridized carbons (Fsp3) is 0.421. The Hall–Kier alpha value is -2.51. The molecule has 2 aromatic heterocycles. The van der Waals surface area contributed by atoms with Crippen LogP contribution >= 0.6 is 0 Å². The number of aliphatic hydroxyl groups excluding tert-OH is 1. The van der Waals surface area contributed by atoms with Gasteiger partial charge >= 0.3 is 0 Å². The van der Waals surface area contributed by atoms with Gasteiger partial charge in [-0.05, 0) is 37.1 Å². The third-order valence-corrected chi connectivity index (χ3v) is 5.56. The highest BCUT2D eigenvalue weighted by molar-refractivity contribution is 5.50. The van der Waals surface area contributed by atoms with E-state index in [4.69, 9.17) is 0 Å². The lowest BCUT2D eigenvalue weighted by atomic mass is 10.1. The normalized spacial score (nSPS) is 23.3. The van der Waals surface area contributed by atoms with Gasteiger partial charge in [-0.3, -0.25) is 0 Å². The second-order valence-corrected chi connectivity index (χ2v) is 7.14. The Bertz CT molecular complexity index is 910. The van der Waals surface area contributed by atoms with Crippen molar-refractivity contribution in [3.63, 3.8) is 0 Å². The standard InChI is InChI=1S/C19H22N6O/c26-17-11-13-3-1-2-4-15(13)18(17)24-10-9-21-19(24)16-12-25(23-22-16)14-5-7-20-8-6-14/h1-4,9-10,12,14,17-18,20,26H,5-8,11H2/t17-,18+/m0/s1. The highest BCUT2D eigenvalue weighted by atomic mass is 16.3. The summed E-state index contributed by atoms with van der Waals surface area (Å²) >= 11 is 0. The third-order valence-electron chi connectivity index (χ3n) is 5.56. The average molecular weight is 350 g/mol. The van der Waals surface area contributed by atoms with Crippen molar-refractivity contribution in [1.29, 1.82) is 0 Å². The Balaban J connectivity index is 1.50. The number of rotatable bonds is 3. The van der Waals surface area contributed by atoms with E-state index in [1.54, 1.807) is 6.20 Å². The zero-order chi connectivity index (χ0) is 17.5. The first kappa shape index (κ1) is 15.7. The molecule has 0 amide bonds. The second-order valence-electron chi connectivity index (χ2n) is 7.14. The van der Waals surface area contributed by atoms with E-state index in [2.05, 4.69) is 32.7 Å². The van der Waals surface area contributed by atoms with Gasteiger partial charge in [0.2, 0.25) is 0 Å². The Labute approximate surface area is 151 Å². The minimum Gasteiger partial charge on any atom is -0.390 e. The number of aromatic nitrogens is 5. The molecule has 3 aromatic rings. The maximum Gasteiger partial charge on any atom is 0.162 e. The molecule has 1 saturated heterocycles. The van der Waals surface area contributed by atoms with E-state index in [0.717, 1.165) is 43.0 Å². The van der Waals surface area contributed by atoms with Gasteiger partial charge < -0.3 is 15.0 Å². The van der Waals surface area contributed by atoms with Crippen LogP contribution in [0.1, 0.15) is 36.1 Å². The van der Waals surface area contributed by atoms with Crippen LogP contribution in [0.5, 0.6) is 0 Å². The molecule has 1 aliphatic carbocycles. The van der Waals surface area contributed by atoms with E-state index in [9.17, 15) is 5.11 Å². The first-order valence-corrected chi connectivity index (χ1v) is 9.23. The molecule has 0 spiro atoms. The van der Waals surface area contributed by atoms with Crippen molar-refractivity contribution in [2.24, 2.45) is 0 Å². The van der Waals surface area contributed by atoms with E-state index >= 15 is 0 Å². The minimum absolute atomic E-state index is 0.132. The van der Waals surface area contributed by atoms with Crippen molar-refractivity contribution in [3.8, 4) is 11.5 Å². The SMILES string of the molecule is O[C@H]1Cc2ccccc2[C@H]1n1ccnc1-c1cn(C2CCNCC2)nn1. The summed E-state index contributed by atoms with van der Waals surface area (Å²) in [6, 6.07) is 8.47. The van der Waals surface area contributed by atoms with Crippen molar-refractivity contribution in [2.45, 2.75) is 37.5 Å². The van der Waals surface area contributed by atoms with Crippen LogP contribution in [0.25, 0.3) is 11.5 Å². The summed E-state index contributed by atoms with van der Waals surface area (Å²) in [4.78, 5) is 4.52. The number of aliphatic hydroxyl groups is 1. The number of benzene rings is 1. The summed E-state index contributed by atoms with van der Waals surface area (Å²) < 4.78 is 4.00. The number of fused-ring (bicyclic) bond motifs is 1. The number of hydrogen-bond donors (Lipinski definition) is 2. The van der Waals surface area contributed by atoms with Crippen LogP contribution < -0.4 is 5.32 Å². The first-order chi connectivity index (χ1) is 12.8. The lowest BCUT2D eigenvalue weighted by Crippen LogP contribution is -2.29. The van der Waals surface area contributed by atoms with Gasteiger partial charge in [0.05, 0.1) is 24.4 Å². The van der Waals surface area contributed by atoms with Crippen molar-refractivity contribution in [3.05, 3.63) is 54.0 Å². The monoisotopic (exact) mass is 350 g/mol. The van der Waals surface area contributed by atoms with Gasteiger partial charge in [0.1, 0.15) is 5.69 Å². The molecule has 134 valence electrons. The second kappa shape index (κ2) is 6.34. The van der Waals surface area contributed by atoms with E-state index in [1.807, 2.05) is 33.8 Å². The van der Waals surface area contributed by atoms with Gasteiger partial charge in [-0.1, -0.05) is 29.5 Å². The zero-order valence-corrected chi connectivity index (χ0v) is 14.5. The molecule has 7 nitrogen and oxygen atoms in total. The van der Waals surface area contributed by atoms with Crippen LogP contribution in [0.2, 0.25) is 0 Å². The molecule has 0 saturated carbocycles. The number of nitrogens with one attached hydrogen (secondary N) is 1. The lowest BCUT2D eigenvalue weighted by Gasteiger charge is -2.22. The van der Waals surface area contributed by atoms with Gasteiger partial charge in [0.15, 0.2) is 5.82 Å². The van der Waals surface area contributed by atoms with E-state index in [0.29, 0.717) is 12.5 Å². The molecular weight excluding hydrogens is 328 g/mol. The Morgan fingerprint density at radius 2 is 2.00 bits per heavy atom. The van der Waals surface area contributed by atoms with Gasteiger partial charge in [-0.15, -0.1) is 5.10 Å². The lowest BCUT2D eigenvalue weighted by molar-refractivity contribution is 0.145. The zero-order valence-electron chi connectivity index (χ0n) is 14.5. The summed E-state index contributed by atoms with van der Waals surface area (Å²) in [6.45, 7) is 2.03. The summed E-state index contributed by atoms with van der Waals surface area (Å²) in [5.41, 5.74) is 3.11. The maximum absolute atomic E-state index is 10.7. The topological polar surface area (TPSA) is 80.8 Å². The predicted molar refractivity (Wildman–Crippen MR) is 96.7 cm³/mol. The molecular formula is C19H22N6O. The largest absolute Gasteiger partial charge is 0.390 e. The average Bonchev–Trinajstić information content (AvgIpc) is 3.39. The number of nitrogens with zero attached hydrogens (tertiary/aromatic N) is 5. The van der Waals surface area contributed by atoms with Crippen molar-refractivity contribution in [1.82, 2.24) is 29.9 Å². The van der Waals surface area contributed by atoms with Crippen molar-refractivity contribution in [2.75, 3.05) is 13.1 Å². The molecule has 0 bridgehead atoms. The van der Waals surface area contributed by atoms with Gasteiger partial charge in [0, 0.05) is 18.8 Å². The van der Waals surface area contributed by atoms with Gasteiger partial charge in [0.25, 0.3) is 0 Å². The molecule has 7 heteroatoms. The molecule has 2 atom stereocenters. The molecule has 1 aromatic carbocycles. The maximum atomic E-state index is 10.7. The molecule has 26 heavy (non-hydrogen) atoms. The smallest absolute Gasteiger partial charge is 0.162 e. The minimum atomic E-state index is -0.459. The molecule has 0 radical (unpaired) electrons. The van der Waals surface area contributed by atoms with Crippen LogP contribution in [0.3, 0.4) is 0 Å². The molecule has 3 heterocycles. The highest BCUT2D eigenvalue weighted by Crippen LogP contribution is 2.36. The summed E-state index contributed by atoms with van der Waals surface area (Å²) in [7, 11) is 0. The van der Waals surface area contributed by atoms with Crippen LogP contribution in [0.4, 0.5) is 0 Å². The third kappa shape index (κ3) is 2.55. The number of imidazole rings is 1. The molecule has 1 fully saturated rings. The van der Waals surface area contributed by atoms with Gasteiger partial charge in [-0.25, -0.2) is 9.67 Å². The van der Waals surface area contributed by atoms with Crippen molar-refractivity contribution < 1.29 is 5.11 Å². The van der Waals surface area contributed by atoms with Crippen LogP contribution in [-0.4, -0.2) is 48.8 Å². The Kier molecular flexibility index (Phi) is 3.83. The van der Waals surface area contributed by atoms with Crippen molar-refractivity contribution >= 4 is 0 Å². The van der Waals surface area contributed by atoms with E-state index in [-0.39, 0.29) is 6.04 Å². The number of hydrogen-bond acceptors (Lipinski definition) is 5. The molecule has 0 unspecified atom stereocenters. The summed E-state index contributed by atoms with van der Waals surface area (Å²) in [5, 5.41) is 22.8. The fourth-order valence-corrected chi connectivity index (χ4v) is 4.25. The Morgan fingerprint density at radius 1 is 1.15 bits per heavy atom. The van der Waals surface area contributed by atoms with E-state index < -0.39 is 6.10 Å². The molecule has 1 aliphatic heterocycles.